The van der Waals surface area contributed by atoms with Crippen molar-refractivity contribution in [3.05, 3.63) is 29.8 Å². The Bertz CT molecular complexity index is 320. The smallest absolute Gasteiger partial charge is 0.119 e. The van der Waals surface area contributed by atoms with Crippen LogP contribution in [0.2, 0.25) is 0 Å². The quantitative estimate of drug-likeness (QED) is 0.785. The summed E-state index contributed by atoms with van der Waals surface area (Å²) in [6.45, 7) is 3.78. The maximum Gasteiger partial charge on any atom is 0.119 e. The molecule has 1 fully saturated rings. The highest BCUT2D eigenvalue weighted by atomic mass is 16.5. The van der Waals surface area contributed by atoms with Gasteiger partial charge in [0.25, 0.3) is 0 Å². The van der Waals surface area contributed by atoms with Crippen LogP contribution >= 0.6 is 0 Å². The van der Waals surface area contributed by atoms with Crippen LogP contribution in [0.25, 0.3) is 0 Å². The van der Waals surface area contributed by atoms with Crippen LogP contribution in [0, 0.1) is 0 Å². The molecule has 0 radical (unpaired) electrons. The fourth-order valence-corrected chi connectivity index (χ4v) is 1.80. The van der Waals surface area contributed by atoms with Gasteiger partial charge in [0.05, 0.1) is 19.3 Å². The van der Waals surface area contributed by atoms with Crippen LogP contribution in [-0.2, 0) is 9.47 Å². The van der Waals surface area contributed by atoms with E-state index in [2.05, 4.69) is 17.4 Å². The van der Waals surface area contributed by atoms with Crippen LogP contribution < -0.4 is 10.1 Å². The summed E-state index contributed by atoms with van der Waals surface area (Å²) >= 11 is 0. The third-order valence-corrected chi connectivity index (χ3v) is 2.74. The summed E-state index contributed by atoms with van der Waals surface area (Å²) in [5, 5.41) is 3.32. The zero-order valence-corrected chi connectivity index (χ0v) is 10.1. The topological polar surface area (TPSA) is 39.7 Å². The van der Waals surface area contributed by atoms with Gasteiger partial charge in [-0.25, -0.2) is 0 Å². The minimum absolute atomic E-state index is 0.164. The maximum absolute atomic E-state index is 5.68. The predicted octanol–water partition coefficient (Wildman–Crippen LogP) is 1.37. The molecule has 1 heterocycles. The van der Waals surface area contributed by atoms with Crippen LogP contribution in [0.3, 0.4) is 0 Å². The number of ether oxygens (including phenoxy) is 3. The largest absolute Gasteiger partial charge is 0.491 e. The SMILES string of the molecule is COCCOc1ccc(C2CNCCO2)cc1. The fraction of sp³-hybridized carbons (Fsp3) is 0.538. The molecule has 1 aliphatic heterocycles. The van der Waals surface area contributed by atoms with Crippen molar-refractivity contribution in [1.29, 1.82) is 0 Å². The molecular formula is C13H19NO3. The molecule has 1 aromatic carbocycles. The van der Waals surface area contributed by atoms with E-state index in [9.17, 15) is 0 Å². The fourth-order valence-electron chi connectivity index (χ4n) is 1.80. The lowest BCUT2D eigenvalue weighted by atomic mass is 10.1. The molecule has 1 aromatic rings. The molecule has 2 rings (SSSR count). The first kappa shape index (κ1) is 12.4. The number of hydrogen-bond donors (Lipinski definition) is 1. The van der Waals surface area contributed by atoms with Gasteiger partial charge in [-0.05, 0) is 17.7 Å². The maximum atomic E-state index is 5.68. The van der Waals surface area contributed by atoms with Gasteiger partial charge < -0.3 is 19.5 Å². The highest BCUT2D eigenvalue weighted by Crippen LogP contribution is 2.21. The normalized spacial score (nSPS) is 20.2. The van der Waals surface area contributed by atoms with E-state index >= 15 is 0 Å². The molecule has 1 unspecified atom stereocenters. The summed E-state index contributed by atoms with van der Waals surface area (Å²) in [5.74, 6) is 0.870. The van der Waals surface area contributed by atoms with E-state index in [0.29, 0.717) is 13.2 Å². The van der Waals surface area contributed by atoms with Crippen molar-refractivity contribution in [2.45, 2.75) is 6.10 Å². The molecule has 94 valence electrons. The number of morpholine rings is 1. The molecule has 0 aromatic heterocycles. The standard InChI is InChI=1S/C13H19NO3/c1-15-8-9-16-12-4-2-11(3-5-12)13-10-14-6-7-17-13/h2-5,13-14H,6-10H2,1H3. The van der Waals surface area contributed by atoms with E-state index in [-0.39, 0.29) is 6.10 Å². The van der Waals surface area contributed by atoms with Gasteiger partial charge in [0.2, 0.25) is 0 Å². The Hall–Kier alpha value is -1.10. The van der Waals surface area contributed by atoms with E-state index < -0.39 is 0 Å². The average molecular weight is 237 g/mol. The van der Waals surface area contributed by atoms with Gasteiger partial charge in [0.1, 0.15) is 12.4 Å². The van der Waals surface area contributed by atoms with Crippen LogP contribution in [0.5, 0.6) is 5.75 Å². The molecule has 0 amide bonds. The van der Waals surface area contributed by atoms with E-state index in [1.807, 2.05) is 12.1 Å². The van der Waals surface area contributed by atoms with E-state index in [1.54, 1.807) is 7.11 Å². The third-order valence-electron chi connectivity index (χ3n) is 2.74. The van der Waals surface area contributed by atoms with Gasteiger partial charge in [-0.3, -0.25) is 0 Å². The van der Waals surface area contributed by atoms with Crippen molar-refractivity contribution < 1.29 is 14.2 Å². The molecule has 1 atom stereocenters. The third kappa shape index (κ3) is 3.70. The van der Waals surface area contributed by atoms with Gasteiger partial charge in [0.15, 0.2) is 0 Å². The first-order chi connectivity index (χ1) is 8.40. The predicted molar refractivity (Wildman–Crippen MR) is 65.4 cm³/mol. The second-order valence-corrected chi connectivity index (χ2v) is 3.97. The molecule has 0 spiro atoms. The molecule has 17 heavy (non-hydrogen) atoms. The van der Waals surface area contributed by atoms with Crippen LogP contribution in [0.1, 0.15) is 11.7 Å². The summed E-state index contributed by atoms with van der Waals surface area (Å²) in [5.41, 5.74) is 1.19. The summed E-state index contributed by atoms with van der Waals surface area (Å²) < 4.78 is 16.1. The number of rotatable bonds is 5. The Balaban J connectivity index is 1.88. The second-order valence-electron chi connectivity index (χ2n) is 3.97. The first-order valence-corrected chi connectivity index (χ1v) is 5.94. The Morgan fingerprint density at radius 3 is 2.76 bits per heavy atom. The van der Waals surface area contributed by atoms with Crippen molar-refractivity contribution in [2.24, 2.45) is 0 Å². The second kappa shape index (κ2) is 6.59. The Labute approximate surface area is 102 Å². The van der Waals surface area contributed by atoms with Gasteiger partial charge in [-0.1, -0.05) is 12.1 Å². The molecule has 4 heteroatoms. The monoisotopic (exact) mass is 237 g/mol. The summed E-state index contributed by atoms with van der Waals surface area (Å²) in [4.78, 5) is 0. The lowest BCUT2D eigenvalue weighted by molar-refractivity contribution is 0.0276. The van der Waals surface area contributed by atoms with E-state index in [1.165, 1.54) is 5.56 Å². The van der Waals surface area contributed by atoms with Crippen molar-refractivity contribution in [1.82, 2.24) is 5.32 Å². The van der Waals surface area contributed by atoms with Gasteiger partial charge >= 0.3 is 0 Å². The molecule has 1 aliphatic rings. The zero-order chi connectivity index (χ0) is 11.9. The minimum atomic E-state index is 0.164. The summed E-state index contributed by atoms with van der Waals surface area (Å²) in [6, 6.07) is 8.06. The van der Waals surface area contributed by atoms with Crippen molar-refractivity contribution in [3.8, 4) is 5.75 Å². The number of benzene rings is 1. The lowest BCUT2D eigenvalue weighted by Crippen LogP contribution is -2.33. The average Bonchev–Trinajstić information content (AvgIpc) is 2.41. The zero-order valence-electron chi connectivity index (χ0n) is 10.1. The van der Waals surface area contributed by atoms with Gasteiger partial charge in [0, 0.05) is 20.2 Å². The van der Waals surface area contributed by atoms with Crippen LogP contribution in [0.15, 0.2) is 24.3 Å². The Kier molecular flexibility index (Phi) is 4.79. The molecular weight excluding hydrogens is 218 g/mol. The first-order valence-electron chi connectivity index (χ1n) is 5.94. The van der Waals surface area contributed by atoms with Crippen LogP contribution in [0.4, 0.5) is 0 Å². The summed E-state index contributed by atoms with van der Waals surface area (Å²) in [6.07, 6.45) is 0.164. The van der Waals surface area contributed by atoms with Gasteiger partial charge in [-0.2, -0.15) is 0 Å². The molecule has 0 bridgehead atoms. The molecule has 0 saturated carbocycles. The number of nitrogens with one attached hydrogen (secondary N) is 1. The Morgan fingerprint density at radius 2 is 2.12 bits per heavy atom. The van der Waals surface area contributed by atoms with E-state index in [0.717, 1.165) is 25.4 Å². The molecule has 4 nitrogen and oxygen atoms in total. The number of hydrogen-bond acceptors (Lipinski definition) is 4. The highest BCUT2D eigenvalue weighted by molar-refractivity contribution is 5.29. The minimum Gasteiger partial charge on any atom is -0.491 e. The molecule has 1 saturated heterocycles. The summed E-state index contributed by atoms with van der Waals surface area (Å²) in [7, 11) is 1.67. The van der Waals surface area contributed by atoms with Crippen molar-refractivity contribution in [2.75, 3.05) is 40.0 Å². The van der Waals surface area contributed by atoms with Crippen molar-refractivity contribution >= 4 is 0 Å². The number of methoxy groups -OCH3 is 1. The Morgan fingerprint density at radius 1 is 1.29 bits per heavy atom. The van der Waals surface area contributed by atoms with Gasteiger partial charge in [-0.15, -0.1) is 0 Å². The molecule has 0 aliphatic carbocycles. The van der Waals surface area contributed by atoms with Crippen molar-refractivity contribution in [3.63, 3.8) is 0 Å². The van der Waals surface area contributed by atoms with Crippen LogP contribution in [-0.4, -0.2) is 40.0 Å². The van der Waals surface area contributed by atoms with E-state index in [4.69, 9.17) is 14.2 Å². The lowest BCUT2D eigenvalue weighted by Gasteiger charge is -2.24. The highest BCUT2D eigenvalue weighted by Gasteiger charge is 2.15. The molecule has 1 N–H and O–H groups in total.